The van der Waals surface area contributed by atoms with Gasteiger partial charge in [-0.2, -0.15) is 0 Å². The Morgan fingerprint density at radius 3 is 2.65 bits per heavy atom. The highest BCUT2D eigenvalue weighted by Gasteiger charge is 2.06. The SMILES string of the molecule is N=C(N)c1cc(F)cc(CSc2cc(Cl)ccc2Cl)c1. The molecule has 0 aliphatic rings. The summed E-state index contributed by atoms with van der Waals surface area (Å²) in [5.41, 5.74) is 6.48. The quantitative estimate of drug-likeness (QED) is 0.485. The van der Waals surface area contributed by atoms with E-state index in [9.17, 15) is 4.39 Å². The van der Waals surface area contributed by atoms with Gasteiger partial charge in [0.1, 0.15) is 11.7 Å². The fraction of sp³-hybridized carbons (Fsp3) is 0.0714. The Bertz CT molecular complexity index is 662. The van der Waals surface area contributed by atoms with Crippen molar-refractivity contribution < 1.29 is 4.39 Å². The van der Waals surface area contributed by atoms with Gasteiger partial charge in [0.05, 0.1) is 5.02 Å². The third-order valence-electron chi connectivity index (χ3n) is 2.56. The smallest absolute Gasteiger partial charge is 0.124 e. The molecule has 0 aliphatic heterocycles. The molecule has 0 amide bonds. The first-order valence-corrected chi connectivity index (χ1v) is 7.41. The second-order valence-electron chi connectivity index (χ2n) is 4.13. The van der Waals surface area contributed by atoms with Crippen molar-refractivity contribution >= 4 is 40.8 Å². The molecular formula is C14H11Cl2FN2S. The minimum absolute atomic E-state index is 0.156. The molecule has 0 aliphatic carbocycles. The number of nitrogen functional groups attached to an aromatic ring is 1. The highest BCUT2D eigenvalue weighted by atomic mass is 35.5. The Morgan fingerprint density at radius 2 is 1.95 bits per heavy atom. The first kappa shape index (κ1) is 15.2. The summed E-state index contributed by atoms with van der Waals surface area (Å²) < 4.78 is 13.4. The highest BCUT2D eigenvalue weighted by Crippen LogP contribution is 2.32. The zero-order valence-corrected chi connectivity index (χ0v) is 12.6. The molecule has 2 nitrogen and oxygen atoms in total. The number of rotatable bonds is 4. The standard InChI is InChI=1S/C14H11Cl2FN2S/c15-10-1-2-12(16)13(6-10)20-7-8-3-9(14(18)19)5-11(17)4-8/h1-6H,7H2,(H3,18,19). The zero-order chi connectivity index (χ0) is 14.7. The molecule has 0 saturated heterocycles. The van der Waals surface area contributed by atoms with E-state index in [1.807, 2.05) is 0 Å². The molecule has 0 bridgehead atoms. The van der Waals surface area contributed by atoms with Crippen LogP contribution in [0.5, 0.6) is 0 Å². The summed E-state index contributed by atoms with van der Waals surface area (Å²) in [6.45, 7) is 0. The molecule has 0 atom stereocenters. The van der Waals surface area contributed by atoms with Gasteiger partial charge < -0.3 is 5.73 Å². The van der Waals surface area contributed by atoms with E-state index in [0.717, 1.165) is 10.5 Å². The van der Waals surface area contributed by atoms with E-state index in [4.69, 9.17) is 34.3 Å². The van der Waals surface area contributed by atoms with Crippen molar-refractivity contribution in [3.63, 3.8) is 0 Å². The van der Waals surface area contributed by atoms with Gasteiger partial charge in [0.15, 0.2) is 0 Å². The first-order valence-electron chi connectivity index (χ1n) is 5.67. The molecule has 2 rings (SSSR count). The second-order valence-corrected chi connectivity index (χ2v) is 5.99. The Labute approximate surface area is 130 Å². The highest BCUT2D eigenvalue weighted by molar-refractivity contribution is 7.98. The van der Waals surface area contributed by atoms with Crippen LogP contribution in [0.2, 0.25) is 10.0 Å². The van der Waals surface area contributed by atoms with E-state index in [2.05, 4.69) is 0 Å². The van der Waals surface area contributed by atoms with Crippen molar-refractivity contribution in [1.29, 1.82) is 5.41 Å². The van der Waals surface area contributed by atoms with Gasteiger partial charge >= 0.3 is 0 Å². The molecule has 2 aromatic rings. The zero-order valence-electron chi connectivity index (χ0n) is 10.3. The summed E-state index contributed by atoms with van der Waals surface area (Å²) in [5, 5.41) is 8.55. The normalized spacial score (nSPS) is 10.6. The lowest BCUT2D eigenvalue weighted by atomic mass is 10.1. The van der Waals surface area contributed by atoms with Crippen molar-refractivity contribution in [2.24, 2.45) is 5.73 Å². The predicted octanol–water partition coefficient (Wildman–Crippen LogP) is 4.71. The van der Waals surface area contributed by atoms with Crippen LogP contribution < -0.4 is 5.73 Å². The Balaban J connectivity index is 2.18. The molecule has 0 saturated carbocycles. The largest absolute Gasteiger partial charge is 0.384 e. The number of hydrogen-bond donors (Lipinski definition) is 2. The Kier molecular flexibility index (Phi) is 4.91. The second kappa shape index (κ2) is 6.48. The maximum Gasteiger partial charge on any atom is 0.124 e. The summed E-state index contributed by atoms with van der Waals surface area (Å²) in [5.74, 6) is -0.0556. The third kappa shape index (κ3) is 3.88. The van der Waals surface area contributed by atoms with Crippen molar-refractivity contribution in [2.45, 2.75) is 10.6 Å². The van der Waals surface area contributed by atoms with Crippen LogP contribution in [0.1, 0.15) is 11.1 Å². The number of benzene rings is 2. The van der Waals surface area contributed by atoms with Gasteiger partial charge in [-0.25, -0.2) is 4.39 Å². The van der Waals surface area contributed by atoms with E-state index in [1.54, 1.807) is 24.3 Å². The van der Waals surface area contributed by atoms with Crippen LogP contribution in [0.4, 0.5) is 4.39 Å². The van der Waals surface area contributed by atoms with Crippen molar-refractivity contribution in [3.8, 4) is 0 Å². The maximum atomic E-state index is 13.4. The minimum Gasteiger partial charge on any atom is -0.384 e. The molecule has 104 valence electrons. The van der Waals surface area contributed by atoms with Gasteiger partial charge in [0.25, 0.3) is 0 Å². The van der Waals surface area contributed by atoms with Gasteiger partial charge in [0, 0.05) is 21.2 Å². The number of thioether (sulfide) groups is 1. The predicted molar refractivity (Wildman–Crippen MR) is 83.4 cm³/mol. The van der Waals surface area contributed by atoms with Crippen LogP contribution in [-0.2, 0) is 5.75 Å². The molecule has 2 aromatic carbocycles. The van der Waals surface area contributed by atoms with Crippen molar-refractivity contribution in [3.05, 3.63) is 63.4 Å². The number of amidine groups is 1. The van der Waals surface area contributed by atoms with Crippen LogP contribution >= 0.6 is 35.0 Å². The van der Waals surface area contributed by atoms with Gasteiger partial charge in [0.2, 0.25) is 0 Å². The Morgan fingerprint density at radius 1 is 1.20 bits per heavy atom. The molecule has 20 heavy (non-hydrogen) atoms. The van der Waals surface area contributed by atoms with Crippen LogP contribution in [0, 0.1) is 11.2 Å². The summed E-state index contributed by atoms with van der Waals surface area (Å²) in [6, 6.07) is 9.54. The topological polar surface area (TPSA) is 49.9 Å². The summed E-state index contributed by atoms with van der Waals surface area (Å²) >= 11 is 13.4. The summed E-state index contributed by atoms with van der Waals surface area (Å²) in [7, 11) is 0. The van der Waals surface area contributed by atoms with E-state index < -0.39 is 5.82 Å². The molecule has 3 N–H and O–H groups in total. The lowest BCUT2D eigenvalue weighted by molar-refractivity contribution is 0.626. The third-order valence-corrected chi connectivity index (χ3v) is 4.36. The number of hydrogen-bond acceptors (Lipinski definition) is 2. The van der Waals surface area contributed by atoms with Crippen LogP contribution in [0.25, 0.3) is 0 Å². The van der Waals surface area contributed by atoms with Gasteiger partial charge in [-0.1, -0.05) is 23.2 Å². The molecule has 6 heteroatoms. The molecule has 0 fully saturated rings. The van der Waals surface area contributed by atoms with Crippen molar-refractivity contribution in [1.82, 2.24) is 0 Å². The molecule has 0 aromatic heterocycles. The van der Waals surface area contributed by atoms with E-state index in [0.29, 0.717) is 21.4 Å². The maximum absolute atomic E-state index is 13.4. The molecule has 0 radical (unpaired) electrons. The fourth-order valence-corrected chi connectivity index (χ4v) is 3.06. The fourth-order valence-electron chi connectivity index (χ4n) is 1.64. The number of nitrogens with two attached hydrogens (primary N) is 1. The lowest BCUT2D eigenvalue weighted by Crippen LogP contribution is -2.11. The van der Waals surface area contributed by atoms with Gasteiger partial charge in [-0.3, -0.25) is 5.41 Å². The first-order chi connectivity index (χ1) is 9.45. The van der Waals surface area contributed by atoms with Crippen LogP contribution in [-0.4, -0.2) is 5.84 Å². The minimum atomic E-state index is -0.412. The van der Waals surface area contributed by atoms with Gasteiger partial charge in [-0.05, 0) is 42.0 Å². The van der Waals surface area contributed by atoms with E-state index in [1.165, 1.54) is 23.9 Å². The lowest BCUT2D eigenvalue weighted by Gasteiger charge is -2.07. The number of halogens is 3. The van der Waals surface area contributed by atoms with Crippen LogP contribution in [0.3, 0.4) is 0 Å². The molecule has 0 heterocycles. The van der Waals surface area contributed by atoms with Gasteiger partial charge in [-0.15, -0.1) is 11.8 Å². The Hall–Kier alpha value is -1.23. The average molecular weight is 329 g/mol. The van der Waals surface area contributed by atoms with E-state index >= 15 is 0 Å². The molecule has 0 unspecified atom stereocenters. The number of nitrogens with one attached hydrogen (secondary N) is 1. The molecule has 0 spiro atoms. The average Bonchev–Trinajstić information content (AvgIpc) is 2.39. The van der Waals surface area contributed by atoms with Crippen LogP contribution in [0.15, 0.2) is 41.3 Å². The van der Waals surface area contributed by atoms with Crippen molar-refractivity contribution in [2.75, 3.05) is 0 Å². The molecular weight excluding hydrogens is 318 g/mol. The summed E-state index contributed by atoms with van der Waals surface area (Å²) in [6.07, 6.45) is 0. The summed E-state index contributed by atoms with van der Waals surface area (Å²) in [4.78, 5) is 0.827. The monoisotopic (exact) mass is 328 g/mol. The van der Waals surface area contributed by atoms with E-state index in [-0.39, 0.29) is 5.84 Å².